The Kier molecular flexibility index (Phi) is 4.67. The van der Waals surface area contributed by atoms with Crippen LogP contribution in [-0.4, -0.2) is 21.0 Å². The first-order valence-corrected chi connectivity index (χ1v) is 6.78. The van der Waals surface area contributed by atoms with E-state index in [9.17, 15) is 10.1 Å². The van der Waals surface area contributed by atoms with Gasteiger partial charge in [-0.15, -0.1) is 0 Å². The average molecular weight is 281 g/mol. The molecule has 1 aromatic rings. The quantitative estimate of drug-likeness (QED) is 0.481. The highest BCUT2D eigenvalue weighted by molar-refractivity contribution is 5.60. The zero-order chi connectivity index (χ0) is 14.5. The highest BCUT2D eigenvalue weighted by Crippen LogP contribution is 2.34. The number of nitro groups is 1. The molecular formula is C12H19N5O3. The standard InChI is InChI=1S/C12H19N5O3/c1-2-8-4-3-5-9(6-8)20-12-10(17(18)19)11(16-13)14-7-15-12/h7-9H,2-6,13H2,1H3,(H,14,15,16). The predicted octanol–water partition coefficient (Wildman–Crippen LogP) is 2.02. The van der Waals surface area contributed by atoms with Crippen LogP contribution in [0.2, 0.25) is 0 Å². The number of ether oxygens (including phenoxy) is 1. The summed E-state index contributed by atoms with van der Waals surface area (Å²) in [5.74, 6) is 5.79. The normalized spacial score (nSPS) is 22.3. The molecule has 2 rings (SSSR count). The smallest absolute Gasteiger partial charge is 0.374 e. The molecule has 0 radical (unpaired) electrons. The molecule has 1 saturated carbocycles. The number of nitrogens with one attached hydrogen (secondary N) is 1. The van der Waals surface area contributed by atoms with Gasteiger partial charge in [-0.25, -0.2) is 10.8 Å². The highest BCUT2D eigenvalue weighted by atomic mass is 16.6. The van der Waals surface area contributed by atoms with E-state index in [0.717, 1.165) is 25.7 Å². The minimum Gasteiger partial charge on any atom is -0.469 e. The summed E-state index contributed by atoms with van der Waals surface area (Å²) in [5.41, 5.74) is 1.89. The summed E-state index contributed by atoms with van der Waals surface area (Å²) in [6.07, 6.45) is 6.33. The fourth-order valence-corrected chi connectivity index (χ4v) is 2.60. The van der Waals surface area contributed by atoms with Crippen molar-refractivity contribution in [3.63, 3.8) is 0 Å². The van der Waals surface area contributed by atoms with Crippen LogP contribution in [-0.2, 0) is 0 Å². The third-order valence-electron chi connectivity index (χ3n) is 3.70. The molecule has 2 unspecified atom stereocenters. The number of hydrazine groups is 1. The Labute approximate surface area is 116 Å². The van der Waals surface area contributed by atoms with Crippen molar-refractivity contribution >= 4 is 11.5 Å². The zero-order valence-corrected chi connectivity index (χ0v) is 11.4. The van der Waals surface area contributed by atoms with Crippen LogP contribution in [0.15, 0.2) is 6.33 Å². The summed E-state index contributed by atoms with van der Waals surface area (Å²) in [6.45, 7) is 2.15. The van der Waals surface area contributed by atoms with Crippen molar-refractivity contribution in [3.8, 4) is 5.88 Å². The van der Waals surface area contributed by atoms with Crippen LogP contribution < -0.4 is 16.0 Å². The molecule has 1 aliphatic carbocycles. The van der Waals surface area contributed by atoms with E-state index in [4.69, 9.17) is 10.6 Å². The molecule has 20 heavy (non-hydrogen) atoms. The Morgan fingerprint density at radius 3 is 3.00 bits per heavy atom. The molecule has 0 bridgehead atoms. The van der Waals surface area contributed by atoms with E-state index in [1.54, 1.807) is 0 Å². The fraction of sp³-hybridized carbons (Fsp3) is 0.667. The lowest BCUT2D eigenvalue weighted by atomic mass is 9.85. The maximum absolute atomic E-state index is 11.1. The van der Waals surface area contributed by atoms with Crippen molar-refractivity contribution in [2.75, 3.05) is 5.43 Å². The lowest BCUT2D eigenvalue weighted by molar-refractivity contribution is -0.385. The van der Waals surface area contributed by atoms with Crippen molar-refractivity contribution in [2.24, 2.45) is 11.8 Å². The molecule has 2 atom stereocenters. The van der Waals surface area contributed by atoms with Crippen LogP contribution in [0.4, 0.5) is 11.5 Å². The summed E-state index contributed by atoms with van der Waals surface area (Å²) in [4.78, 5) is 18.2. The van der Waals surface area contributed by atoms with Gasteiger partial charge in [0, 0.05) is 0 Å². The molecule has 8 heteroatoms. The number of nitrogens with two attached hydrogens (primary N) is 1. The summed E-state index contributed by atoms with van der Waals surface area (Å²) < 4.78 is 5.73. The third kappa shape index (κ3) is 3.13. The first-order valence-electron chi connectivity index (χ1n) is 6.78. The Hall–Kier alpha value is -1.96. The Morgan fingerprint density at radius 2 is 2.35 bits per heavy atom. The van der Waals surface area contributed by atoms with Gasteiger partial charge in [0.15, 0.2) is 0 Å². The van der Waals surface area contributed by atoms with Gasteiger partial charge in [0.25, 0.3) is 5.88 Å². The number of hydrogen-bond acceptors (Lipinski definition) is 7. The second-order valence-corrected chi connectivity index (χ2v) is 4.96. The van der Waals surface area contributed by atoms with Gasteiger partial charge in [0.05, 0.1) is 4.92 Å². The lowest BCUT2D eigenvalue weighted by Crippen LogP contribution is -2.26. The number of anilines is 1. The molecule has 1 fully saturated rings. The van der Waals surface area contributed by atoms with Crippen LogP contribution >= 0.6 is 0 Å². The Balaban J connectivity index is 2.18. The van der Waals surface area contributed by atoms with Crippen LogP contribution in [0.5, 0.6) is 5.88 Å². The Morgan fingerprint density at radius 1 is 1.55 bits per heavy atom. The molecule has 110 valence electrons. The van der Waals surface area contributed by atoms with Crippen molar-refractivity contribution in [2.45, 2.75) is 45.1 Å². The summed E-state index contributed by atoms with van der Waals surface area (Å²) in [6, 6.07) is 0. The summed E-state index contributed by atoms with van der Waals surface area (Å²) >= 11 is 0. The van der Waals surface area contributed by atoms with Crippen LogP contribution in [0.25, 0.3) is 0 Å². The van der Waals surface area contributed by atoms with Crippen LogP contribution in [0, 0.1) is 16.0 Å². The van der Waals surface area contributed by atoms with E-state index in [2.05, 4.69) is 22.3 Å². The number of hydrogen-bond donors (Lipinski definition) is 2. The number of aromatic nitrogens is 2. The van der Waals surface area contributed by atoms with Crippen LogP contribution in [0.1, 0.15) is 39.0 Å². The van der Waals surface area contributed by atoms with Gasteiger partial charge in [-0.2, -0.15) is 4.98 Å². The van der Waals surface area contributed by atoms with Gasteiger partial charge < -0.3 is 10.2 Å². The molecule has 0 spiro atoms. The van der Waals surface area contributed by atoms with Gasteiger partial charge in [-0.1, -0.05) is 19.8 Å². The molecule has 0 aromatic carbocycles. The van der Waals surface area contributed by atoms with Gasteiger partial charge >= 0.3 is 5.69 Å². The number of nitrogens with zero attached hydrogens (tertiary/aromatic N) is 3. The minimum absolute atomic E-state index is 0.0142. The first-order chi connectivity index (χ1) is 9.65. The second kappa shape index (κ2) is 6.47. The first kappa shape index (κ1) is 14.4. The van der Waals surface area contributed by atoms with Gasteiger partial charge in [-0.3, -0.25) is 10.1 Å². The molecule has 3 N–H and O–H groups in total. The molecule has 0 amide bonds. The molecule has 1 aliphatic rings. The Bertz CT molecular complexity index is 482. The van der Waals surface area contributed by atoms with Gasteiger partial charge in [0.2, 0.25) is 5.82 Å². The van der Waals surface area contributed by atoms with E-state index in [1.807, 2.05) is 0 Å². The molecule has 0 saturated heterocycles. The highest BCUT2D eigenvalue weighted by Gasteiger charge is 2.28. The maximum Gasteiger partial charge on any atom is 0.374 e. The van der Waals surface area contributed by atoms with E-state index < -0.39 is 4.92 Å². The average Bonchev–Trinajstić information content (AvgIpc) is 2.46. The molecule has 8 nitrogen and oxygen atoms in total. The summed E-state index contributed by atoms with van der Waals surface area (Å²) in [5, 5.41) is 11.1. The second-order valence-electron chi connectivity index (χ2n) is 4.96. The number of nitrogen functional groups attached to an aromatic ring is 1. The van der Waals surface area contributed by atoms with Crippen molar-refractivity contribution in [1.82, 2.24) is 9.97 Å². The van der Waals surface area contributed by atoms with Gasteiger partial charge in [0.1, 0.15) is 12.4 Å². The topological polar surface area (TPSA) is 116 Å². The number of rotatable bonds is 5. The lowest BCUT2D eigenvalue weighted by Gasteiger charge is -2.28. The van der Waals surface area contributed by atoms with E-state index in [1.165, 1.54) is 12.7 Å². The molecule has 0 aliphatic heterocycles. The van der Waals surface area contributed by atoms with E-state index >= 15 is 0 Å². The summed E-state index contributed by atoms with van der Waals surface area (Å²) in [7, 11) is 0. The predicted molar refractivity (Wildman–Crippen MR) is 73.2 cm³/mol. The zero-order valence-electron chi connectivity index (χ0n) is 11.4. The maximum atomic E-state index is 11.1. The largest absolute Gasteiger partial charge is 0.469 e. The van der Waals surface area contributed by atoms with Gasteiger partial charge in [-0.05, 0) is 25.2 Å². The molecule has 1 heterocycles. The van der Waals surface area contributed by atoms with Crippen LogP contribution in [0.3, 0.4) is 0 Å². The third-order valence-corrected chi connectivity index (χ3v) is 3.70. The SMILES string of the molecule is CCC1CCCC(Oc2ncnc(NN)c2[N+](=O)[O-])C1. The fourth-order valence-electron chi connectivity index (χ4n) is 2.60. The van der Waals surface area contributed by atoms with Crippen molar-refractivity contribution in [3.05, 3.63) is 16.4 Å². The minimum atomic E-state index is -0.579. The van der Waals surface area contributed by atoms with E-state index in [-0.39, 0.29) is 23.5 Å². The molecule has 1 aromatic heterocycles. The monoisotopic (exact) mass is 281 g/mol. The van der Waals surface area contributed by atoms with Crippen molar-refractivity contribution in [1.29, 1.82) is 0 Å². The van der Waals surface area contributed by atoms with Crippen molar-refractivity contribution < 1.29 is 9.66 Å². The van der Waals surface area contributed by atoms with E-state index in [0.29, 0.717) is 5.92 Å². The molecular weight excluding hydrogens is 262 g/mol.